The van der Waals surface area contributed by atoms with Crippen LogP contribution in [0.2, 0.25) is 0 Å². The van der Waals surface area contributed by atoms with Crippen LogP contribution in [0, 0.1) is 10.7 Å². The van der Waals surface area contributed by atoms with Gasteiger partial charge >= 0.3 is 0 Å². The van der Waals surface area contributed by atoms with Gasteiger partial charge < -0.3 is 0 Å². The number of rotatable bonds is 3. The molecular weight excluding hydrogens is 218 g/mol. The van der Waals surface area contributed by atoms with E-state index in [2.05, 4.69) is 22.3 Å². The van der Waals surface area contributed by atoms with Crippen molar-refractivity contribution in [2.24, 2.45) is 5.92 Å². The zero-order valence-corrected chi connectivity index (χ0v) is 9.70. The van der Waals surface area contributed by atoms with Crippen molar-refractivity contribution >= 4 is 12.2 Å². The molecule has 0 unspecified atom stereocenters. The number of nitrogens with zero attached hydrogens (tertiary/aromatic N) is 2. The average molecular weight is 231 g/mol. The Morgan fingerprint density at radius 2 is 2.06 bits per heavy atom. The first kappa shape index (κ1) is 9.78. The van der Waals surface area contributed by atoms with Gasteiger partial charge in [0.05, 0.1) is 0 Å². The minimum Gasteiger partial charge on any atom is -0.272 e. The van der Waals surface area contributed by atoms with Gasteiger partial charge in [-0.2, -0.15) is 5.10 Å². The highest BCUT2D eigenvalue weighted by Gasteiger charge is 2.24. The maximum atomic E-state index is 5.27. The Morgan fingerprint density at radius 1 is 1.31 bits per heavy atom. The molecule has 0 bridgehead atoms. The third kappa shape index (κ3) is 1.80. The highest BCUT2D eigenvalue weighted by molar-refractivity contribution is 7.71. The van der Waals surface area contributed by atoms with Gasteiger partial charge in [0.25, 0.3) is 0 Å². The number of H-pyrrole nitrogens is 1. The molecule has 0 radical (unpaired) electrons. The maximum Gasteiger partial charge on any atom is 0.199 e. The molecule has 0 aliphatic heterocycles. The molecule has 0 atom stereocenters. The third-order valence-electron chi connectivity index (χ3n) is 2.92. The first-order valence-corrected chi connectivity index (χ1v) is 5.97. The summed E-state index contributed by atoms with van der Waals surface area (Å²) in [5.74, 6) is 1.87. The van der Waals surface area contributed by atoms with Gasteiger partial charge in [0.15, 0.2) is 4.77 Å². The number of aromatic amines is 1. The summed E-state index contributed by atoms with van der Waals surface area (Å²) in [5.41, 5.74) is 1.09. The molecule has 1 aromatic carbocycles. The summed E-state index contributed by atoms with van der Waals surface area (Å²) in [6.07, 6.45) is 3.69. The zero-order chi connectivity index (χ0) is 11.0. The lowest BCUT2D eigenvalue weighted by Crippen LogP contribution is -2.02. The standard InChI is InChI=1S/C12H13N3S/c16-12-14-13-11(8-9-6-7-9)15(12)10-4-2-1-3-5-10/h1-5,9H,6-8H2,(H,14,16). The fraction of sp³-hybridized carbons (Fsp3) is 0.333. The van der Waals surface area contributed by atoms with Crippen LogP contribution in [0.25, 0.3) is 5.69 Å². The summed E-state index contributed by atoms with van der Waals surface area (Å²) < 4.78 is 2.72. The molecule has 0 spiro atoms. The van der Waals surface area contributed by atoms with Gasteiger partial charge in [0.2, 0.25) is 0 Å². The summed E-state index contributed by atoms with van der Waals surface area (Å²) in [6, 6.07) is 10.2. The average Bonchev–Trinajstić information content (AvgIpc) is 3.04. The van der Waals surface area contributed by atoms with Crippen molar-refractivity contribution in [1.82, 2.24) is 14.8 Å². The van der Waals surface area contributed by atoms with Crippen LogP contribution in [0.5, 0.6) is 0 Å². The van der Waals surface area contributed by atoms with E-state index in [9.17, 15) is 0 Å². The topological polar surface area (TPSA) is 33.6 Å². The Hall–Kier alpha value is -1.42. The van der Waals surface area contributed by atoms with Crippen molar-refractivity contribution in [1.29, 1.82) is 0 Å². The fourth-order valence-electron chi connectivity index (χ4n) is 1.89. The monoisotopic (exact) mass is 231 g/mol. The smallest absolute Gasteiger partial charge is 0.199 e. The van der Waals surface area contributed by atoms with Gasteiger partial charge in [-0.25, -0.2) is 0 Å². The Balaban J connectivity index is 2.04. The second kappa shape index (κ2) is 3.87. The lowest BCUT2D eigenvalue weighted by molar-refractivity contribution is 0.746. The Kier molecular flexibility index (Phi) is 2.36. The van der Waals surface area contributed by atoms with Crippen LogP contribution >= 0.6 is 12.2 Å². The number of hydrogen-bond donors (Lipinski definition) is 1. The molecule has 1 heterocycles. The molecule has 2 aromatic rings. The second-order valence-electron chi connectivity index (χ2n) is 4.26. The van der Waals surface area contributed by atoms with E-state index in [0.717, 1.165) is 23.9 Å². The Labute approximate surface area is 99.1 Å². The molecule has 1 aliphatic carbocycles. The predicted octanol–water partition coefficient (Wildman–Crippen LogP) is 2.88. The van der Waals surface area contributed by atoms with Crippen molar-refractivity contribution in [3.63, 3.8) is 0 Å². The van der Waals surface area contributed by atoms with Gasteiger partial charge in [-0.05, 0) is 43.1 Å². The fourth-order valence-corrected chi connectivity index (χ4v) is 2.15. The molecule has 1 saturated carbocycles. The van der Waals surface area contributed by atoms with Crippen LogP contribution in [0.15, 0.2) is 30.3 Å². The zero-order valence-electron chi connectivity index (χ0n) is 8.89. The molecule has 4 heteroatoms. The molecule has 0 amide bonds. The van der Waals surface area contributed by atoms with Gasteiger partial charge in [0.1, 0.15) is 5.82 Å². The summed E-state index contributed by atoms with van der Waals surface area (Å²) >= 11 is 5.27. The molecular formula is C12H13N3S. The number of aromatic nitrogens is 3. The predicted molar refractivity (Wildman–Crippen MR) is 65.2 cm³/mol. The van der Waals surface area contributed by atoms with Gasteiger partial charge in [0, 0.05) is 12.1 Å². The molecule has 82 valence electrons. The molecule has 1 fully saturated rings. The summed E-state index contributed by atoms with van der Waals surface area (Å²) in [7, 11) is 0. The number of hydrogen-bond acceptors (Lipinski definition) is 2. The molecule has 1 N–H and O–H groups in total. The van der Waals surface area contributed by atoms with Crippen molar-refractivity contribution in [2.75, 3.05) is 0 Å². The first-order chi connectivity index (χ1) is 7.84. The highest BCUT2D eigenvalue weighted by Crippen LogP contribution is 2.32. The molecule has 0 saturated heterocycles. The minimum atomic E-state index is 0.682. The Bertz CT molecular complexity index is 537. The molecule has 1 aromatic heterocycles. The lowest BCUT2D eigenvalue weighted by atomic mass is 10.2. The van der Waals surface area contributed by atoms with Crippen molar-refractivity contribution < 1.29 is 0 Å². The van der Waals surface area contributed by atoms with E-state index in [-0.39, 0.29) is 0 Å². The number of para-hydroxylation sites is 1. The maximum absolute atomic E-state index is 5.27. The van der Waals surface area contributed by atoms with Crippen LogP contribution in [-0.2, 0) is 6.42 Å². The normalized spacial score (nSPS) is 15.2. The van der Waals surface area contributed by atoms with E-state index in [1.165, 1.54) is 12.8 Å². The van der Waals surface area contributed by atoms with Gasteiger partial charge in [-0.15, -0.1) is 0 Å². The Morgan fingerprint density at radius 3 is 2.75 bits per heavy atom. The summed E-state index contributed by atoms with van der Waals surface area (Å²) in [6.45, 7) is 0. The first-order valence-electron chi connectivity index (χ1n) is 5.56. The van der Waals surface area contributed by atoms with E-state index >= 15 is 0 Å². The molecule has 1 aliphatic rings. The number of benzene rings is 1. The lowest BCUT2D eigenvalue weighted by Gasteiger charge is -2.05. The SMILES string of the molecule is S=c1[nH]nc(CC2CC2)n1-c1ccccc1. The van der Waals surface area contributed by atoms with Crippen LogP contribution in [0.4, 0.5) is 0 Å². The minimum absolute atomic E-state index is 0.682. The van der Waals surface area contributed by atoms with Gasteiger partial charge in [-0.3, -0.25) is 9.67 Å². The van der Waals surface area contributed by atoms with Crippen LogP contribution in [0.1, 0.15) is 18.7 Å². The van der Waals surface area contributed by atoms with Crippen LogP contribution in [-0.4, -0.2) is 14.8 Å². The third-order valence-corrected chi connectivity index (χ3v) is 3.20. The van der Waals surface area contributed by atoms with Crippen molar-refractivity contribution in [3.8, 4) is 5.69 Å². The molecule has 3 rings (SSSR count). The van der Waals surface area contributed by atoms with Crippen LogP contribution in [0.3, 0.4) is 0 Å². The van der Waals surface area contributed by atoms with E-state index in [1.807, 2.05) is 22.8 Å². The summed E-state index contributed by atoms with van der Waals surface area (Å²) in [5, 5.41) is 7.20. The second-order valence-corrected chi connectivity index (χ2v) is 4.65. The van der Waals surface area contributed by atoms with E-state index in [0.29, 0.717) is 4.77 Å². The van der Waals surface area contributed by atoms with E-state index in [1.54, 1.807) is 0 Å². The quantitative estimate of drug-likeness (QED) is 0.824. The van der Waals surface area contributed by atoms with Crippen LogP contribution < -0.4 is 0 Å². The van der Waals surface area contributed by atoms with Gasteiger partial charge in [-0.1, -0.05) is 18.2 Å². The largest absolute Gasteiger partial charge is 0.272 e. The highest BCUT2D eigenvalue weighted by atomic mass is 32.1. The van der Waals surface area contributed by atoms with Crippen molar-refractivity contribution in [2.45, 2.75) is 19.3 Å². The summed E-state index contributed by atoms with van der Waals surface area (Å²) in [4.78, 5) is 0. The van der Waals surface area contributed by atoms with E-state index in [4.69, 9.17) is 12.2 Å². The molecule has 3 nitrogen and oxygen atoms in total. The van der Waals surface area contributed by atoms with E-state index < -0.39 is 0 Å². The number of nitrogens with one attached hydrogen (secondary N) is 1. The molecule has 16 heavy (non-hydrogen) atoms. The van der Waals surface area contributed by atoms with Crippen molar-refractivity contribution in [3.05, 3.63) is 40.9 Å².